The van der Waals surface area contributed by atoms with Gasteiger partial charge < -0.3 is 14.6 Å². The Morgan fingerprint density at radius 3 is 3.00 bits per heavy atom. The van der Waals surface area contributed by atoms with Crippen molar-refractivity contribution in [1.29, 1.82) is 0 Å². The monoisotopic (exact) mass is 312 g/mol. The van der Waals surface area contributed by atoms with Gasteiger partial charge in [0, 0.05) is 37.7 Å². The van der Waals surface area contributed by atoms with Gasteiger partial charge in [-0.05, 0) is 46.9 Å². The predicted molar refractivity (Wildman–Crippen MR) is 87.2 cm³/mol. The predicted octanol–water partition coefficient (Wildman–Crippen LogP) is 2.13. The normalized spacial score (nSPS) is 16.0. The van der Waals surface area contributed by atoms with Gasteiger partial charge in [0.1, 0.15) is 0 Å². The average molecular weight is 312 g/mol. The minimum Gasteiger partial charge on any atom is -0.381 e. The van der Waals surface area contributed by atoms with Crippen LogP contribution in [0.15, 0.2) is 30.5 Å². The summed E-state index contributed by atoms with van der Waals surface area (Å²) in [4.78, 5) is 0. The Kier molecular flexibility index (Phi) is 3.70. The molecular formula is C16H20N6O. The molecule has 0 unspecified atom stereocenters. The van der Waals surface area contributed by atoms with E-state index in [1.165, 1.54) is 10.9 Å². The van der Waals surface area contributed by atoms with Crippen LogP contribution in [0.1, 0.15) is 24.7 Å². The Morgan fingerprint density at radius 1 is 1.26 bits per heavy atom. The molecule has 1 aliphatic heterocycles. The first-order valence-electron chi connectivity index (χ1n) is 7.95. The highest BCUT2D eigenvalue weighted by Gasteiger charge is 2.20. The number of benzene rings is 1. The molecule has 3 aromatic rings. The van der Waals surface area contributed by atoms with Crippen LogP contribution in [0.2, 0.25) is 0 Å². The Labute approximate surface area is 134 Å². The van der Waals surface area contributed by atoms with E-state index in [-0.39, 0.29) is 0 Å². The number of nitrogens with one attached hydrogen (secondary N) is 1. The first-order chi connectivity index (χ1) is 11.3. The zero-order valence-electron chi connectivity index (χ0n) is 13.1. The van der Waals surface area contributed by atoms with Crippen molar-refractivity contribution in [1.82, 2.24) is 24.8 Å². The fraction of sp³-hybridized carbons (Fsp3) is 0.438. The molecule has 1 aromatic carbocycles. The van der Waals surface area contributed by atoms with Gasteiger partial charge in [0.25, 0.3) is 0 Å². The van der Waals surface area contributed by atoms with Crippen molar-refractivity contribution in [2.24, 2.45) is 7.05 Å². The van der Waals surface area contributed by atoms with Gasteiger partial charge in [0.05, 0.1) is 12.6 Å². The van der Waals surface area contributed by atoms with Gasteiger partial charge in [-0.3, -0.25) is 0 Å². The summed E-state index contributed by atoms with van der Waals surface area (Å²) in [5, 5.41) is 16.8. The fourth-order valence-electron chi connectivity index (χ4n) is 3.10. The quantitative estimate of drug-likeness (QED) is 0.799. The number of aryl methyl sites for hydroxylation is 1. The summed E-state index contributed by atoms with van der Waals surface area (Å²) < 4.78 is 9.47. The van der Waals surface area contributed by atoms with Gasteiger partial charge in [-0.1, -0.05) is 6.07 Å². The Hall–Kier alpha value is -2.41. The number of rotatable bonds is 4. The number of hydrogen-bond donors (Lipinski definition) is 1. The van der Waals surface area contributed by atoms with Crippen molar-refractivity contribution in [2.75, 3.05) is 18.5 Å². The first kappa shape index (κ1) is 14.2. The second-order valence-electron chi connectivity index (χ2n) is 5.94. The van der Waals surface area contributed by atoms with E-state index in [1.54, 1.807) is 0 Å². The maximum Gasteiger partial charge on any atom is 0.170 e. The summed E-state index contributed by atoms with van der Waals surface area (Å²) in [6.45, 7) is 2.17. The van der Waals surface area contributed by atoms with E-state index in [0.717, 1.165) is 37.6 Å². The molecule has 0 spiro atoms. The standard InChI is InChI=1S/C16H20N6O/c1-21-7-4-12-2-3-13(10-15(12)21)17-11-16-18-19-20-22(16)14-5-8-23-9-6-14/h2-4,7,10,14,17H,5-6,8-9,11H2,1H3. The SMILES string of the molecule is Cn1ccc2ccc(NCc3nnnn3C3CCOCC3)cc21. The van der Waals surface area contributed by atoms with E-state index in [2.05, 4.69) is 62.9 Å². The molecule has 7 heteroatoms. The summed E-state index contributed by atoms with van der Waals surface area (Å²) in [5.74, 6) is 0.865. The van der Waals surface area contributed by atoms with Crippen molar-refractivity contribution < 1.29 is 4.74 Å². The van der Waals surface area contributed by atoms with Gasteiger partial charge in [-0.15, -0.1) is 5.10 Å². The molecule has 1 fully saturated rings. The highest BCUT2D eigenvalue weighted by Crippen LogP contribution is 2.22. The van der Waals surface area contributed by atoms with Gasteiger partial charge >= 0.3 is 0 Å². The lowest BCUT2D eigenvalue weighted by atomic mass is 10.1. The lowest BCUT2D eigenvalue weighted by Gasteiger charge is -2.22. The number of hydrogen-bond acceptors (Lipinski definition) is 5. The molecular weight excluding hydrogens is 292 g/mol. The molecule has 1 N–H and O–H groups in total. The zero-order chi connectivity index (χ0) is 15.6. The highest BCUT2D eigenvalue weighted by molar-refractivity contribution is 5.83. The van der Waals surface area contributed by atoms with Crippen molar-refractivity contribution >= 4 is 16.6 Å². The van der Waals surface area contributed by atoms with Gasteiger partial charge in [0.15, 0.2) is 5.82 Å². The van der Waals surface area contributed by atoms with Crippen LogP contribution in [0.3, 0.4) is 0 Å². The van der Waals surface area contributed by atoms with Gasteiger partial charge in [0.2, 0.25) is 0 Å². The molecule has 120 valence electrons. The van der Waals surface area contributed by atoms with Crippen molar-refractivity contribution in [3.8, 4) is 0 Å². The number of anilines is 1. The first-order valence-corrected chi connectivity index (χ1v) is 7.95. The Bertz CT molecular complexity index is 802. The topological polar surface area (TPSA) is 69.8 Å². The fourth-order valence-corrected chi connectivity index (χ4v) is 3.10. The Balaban J connectivity index is 1.50. The molecule has 1 aliphatic rings. The summed E-state index contributed by atoms with van der Waals surface area (Å²) in [7, 11) is 2.05. The van der Waals surface area contributed by atoms with E-state index in [4.69, 9.17) is 4.74 Å². The van der Waals surface area contributed by atoms with Crippen LogP contribution >= 0.6 is 0 Å². The molecule has 23 heavy (non-hydrogen) atoms. The van der Waals surface area contributed by atoms with Gasteiger partial charge in [-0.2, -0.15) is 0 Å². The van der Waals surface area contributed by atoms with Crippen molar-refractivity contribution in [2.45, 2.75) is 25.4 Å². The molecule has 1 saturated heterocycles. The maximum atomic E-state index is 5.41. The van der Waals surface area contributed by atoms with Crippen LogP contribution in [-0.2, 0) is 18.3 Å². The molecule has 2 aromatic heterocycles. The van der Waals surface area contributed by atoms with Crippen molar-refractivity contribution in [3.63, 3.8) is 0 Å². The number of tetrazole rings is 1. The molecule has 0 aliphatic carbocycles. The van der Waals surface area contributed by atoms with E-state index in [0.29, 0.717) is 12.6 Å². The molecule has 0 amide bonds. The lowest BCUT2D eigenvalue weighted by molar-refractivity contribution is 0.0649. The number of ether oxygens (including phenoxy) is 1. The summed E-state index contributed by atoms with van der Waals surface area (Å²) >= 11 is 0. The van der Waals surface area contributed by atoms with Crippen LogP contribution in [0.25, 0.3) is 10.9 Å². The van der Waals surface area contributed by atoms with Crippen LogP contribution in [0, 0.1) is 0 Å². The second-order valence-corrected chi connectivity index (χ2v) is 5.94. The van der Waals surface area contributed by atoms with Crippen LogP contribution in [0.5, 0.6) is 0 Å². The second kappa shape index (κ2) is 6.00. The molecule has 0 radical (unpaired) electrons. The Morgan fingerprint density at radius 2 is 2.13 bits per heavy atom. The van der Waals surface area contributed by atoms with Crippen molar-refractivity contribution in [3.05, 3.63) is 36.3 Å². The maximum absolute atomic E-state index is 5.41. The van der Waals surface area contributed by atoms with E-state index in [9.17, 15) is 0 Å². The number of nitrogens with zero attached hydrogens (tertiary/aromatic N) is 5. The summed E-state index contributed by atoms with van der Waals surface area (Å²) in [6.07, 6.45) is 4.00. The molecule has 0 atom stereocenters. The molecule has 0 saturated carbocycles. The van der Waals surface area contributed by atoms with Crippen LogP contribution in [-0.4, -0.2) is 38.0 Å². The largest absolute Gasteiger partial charge is 0.381 e. The molecule has 4 rings (SSSR count). The summed E-state index contributed by atoms with van der Waals surface area (Å²) in [5.41, 5.74) is 2.28. The third-order valence-electron chi connectivity index (χ3n) is 4.44. The third-order valence-corrected chi connectivity index (χ3v) is 4.44. The minimum atomic E-state index is 0.339. The van der Waals surface area contributed by atoms with E-state index >= 15 is 0 Å². The van der Waals surface area contributed by atoms with Crippen LogP contribution in [0.4, 0.5) is 5.69 Å². The van der Waals surface area contributed by atoms with E-state index < -0.39 is 0 Å². The van der Waals surface area contributed by atoms with Crippen LogP contribution < -0.4 is 5.32 Å². The third kappa shape index (κ3) is 2.79. The molecule has 0 bridgehead atoms. The summed E-state index contributed by atoms with van der Waals surface area (Å²) in [6, 6.07) is 8.82. The minimum absolute atomic E-state index is 0.339. The number of aromatic nitrogens is 5. The smallest absolute Gasteiger partial charge is 0.170 e. The zero-order valence-corrected chi connectivity index (χ0v) is 13.1. The number of fused-ring (bicyclic) bond motifs is 1. The average Bonchev–Trinajstić information content (AvgIpc) is 3.21. The molecule has 7 nitrogen and oxygen atoms in total. The van der Waals surface area contributed by atoms with Gasteiger partial charge in [-0.25, -0.2) is 4.68 Å². The lowest BCUT2D eigenvalue weighted by Crippen LogP contribution is -2.23. The van der Waals surface area contributed by atoms with E-state index in [1.807, 2.05) is 4.68 Å². The highest BCUT2D eigenvalue weighted by atomic mass is 16.5. The molecule has 3 heterocycles.